The summed E-state index contributed by atoms with van der Waals surface area (Å²) in [6.07, 6.45) is 0. The van der Waals surface area contributed by atoms with Crippen molar-refractivity contribution in [3.05, 3.63) is 63.1 Å². The van der Waals surface area contributed by atoms with Crippen LogP contribution in [-0.2, 0) is 4.79 Å². The molecule has 0 atom stereocenters. The molecule has 0 radical (unpaired) electrons. The second kappa shape index (κ2) is 7.49. The van der Waals surface area contributed by atoms with Gasteiger partial charge in [0, 0.05) is 10.7 Å². The quantitative estimate of drug-likeness (QED) is 0.875. The molecule has 0 saturated heterocycles. The van der Waals surface area contributed by atoms with Crippen molar-refractivity contribution in [3.8, 4) is 0 Å². The molecule has 0 spiro atoms. The van der Waals surface area contributed by atoms with Crippen molar-refractivity contribution in [1.82, 2.24) is 5.32 Å². The highest BCUT2D eigenvalue weighted by Gasteiger charge is 2.13. The molecule has 4 nitrogen and oxygen atoms in total. The molecule has 0 saturated carbocycles. The maximum atomic E-state index is 12.1. The van der Waals surface area contributed by atoms with Gasteiger partial charge in [0.05, 0.1) is 17.1 Å². The number of carbonyl (C=O) groups is 2. The lowest BCUT2D eigenvalue weighted by atomic mass is 10.1. The first kappa shape index (κ1) is 17.3. The number of hydrogen-bond donors (Lipinski definition) is 2. The van der Waals surface area contributed by atoms with Gasteiger partial charge in [0.15, 0.2) is 0 Å². The molecule has 23 heavy (non-hydrogen) atoms. The molecule has 2 aromatic carbocycles. The van der Waals surface area contributed by atoms with Gasteiger partial charge in [-0.15, -0.1) is 0 Å². The molecule has 0 bridgehead atoms. The van der Waals surface area contributed by atoms with Crippen molar-refractivity contribution in [2.45, 2.75) is 13.8 Å². The van der Waals surface area contributed by atoms with Crippen LogP contribution in [0.2, 0.25) is 10.0 Å². The minimum absolute atomic E-state index is 0.157. The van der Waals surface area contributed by atoms with Crippen molar-refractivity contribution in [3.63, 3.8) is 0 Å². The van der Waals surface area contributed by atoms with Crippen molar-refractivity contribution in [1.29, 1.82) is 0 Å². The summed E-state index contributed by atoms with van der Waals surface area (Å²) in [6, 6.07) is 10.3. The van der Waals surface area contributed by atoms with Crippen molar-refractivity contribution >= 4 is 40.7 Å². The maximum Gasteiger partial charge on any atom is 0.253 e. The Morgan fingerprint density at radius 2 is 1.70 bits per heavy atom. The van der Waals surface area contributed by atoms with Crippen molar-refractivity contribution < 1.29 is 9.59 Å². The fraction of sp³-hybridized carbons (Fsp3) is 0.176. The summed E-state index contributed by atoms with van der Waals surface area (Å²) < 4.78 is 0. The highest BCUT2D eigenvalue weighted by atomic mass is 35.5. The second-order valence-corrected chi connectivity index (χ2v) is 5.97. The molecule has 2 rings (SSSR count). The van der Waals surface area contributed by atoms with Crippen LogP contribution in [0.5, 0.6) is 0 Å². The molecule has 120 valence electrons. The van der Waals surface area contributed by atoms with Crippen LogP contribution in [-0.4, -0.2) is 18.4 Å². The molecule has 0 unspecified atom stereocenters. The molecule has 0 aliphatic rings. The molecule has 6 heteroatoms. The SMILES string of the molecule is Cc1cccc(C)c1NC(=O)CNC(=O)c1cc(Cl)ccc1Cl. The van der Waals surface area contributed by atoms with Crippen LogP contribution >= 0.6 is 23.2 Å². The summed E-state index contributed by atoms with van der Waals surface area (Å²) in [5.74, 6) is -0.761. The van der Waals surface area contributed by atoms with E-state index in [1.54, 1.807) is 6.07 Å². The Bertz CT molecular complexity index is 740. The van der Waals surface area contributed by atoms with E-state index in [-0.39, 0.29) is 23.0 Å². The highest BCUT2D eigenvalue weighted by Crippen LogP contribution is 2.21. The van der Waals surface area contributed by atoms with Gasteiger partial charge in [0.1, 0.15) is 0 Å². The predicted octanol–water partition coefficient (Wildman–Crippen LogP) is 3.98. The van der Waals surface area contributed by atoms with E-state index in [4.69, 9.17) is 23.2 Å². The Morgan fingerprint density at radius 1 is 1.04 bits per heavy atom. The van der Waals surface area contributed by atoms with Gasteiger partial charge < -0.3 is 10.6 Å². The van der Waals surface area contributed by atoms with Crippen LogP contribution in [0.3, 0.4) is 0 Å². The van der Waals surface area contributed by atoms with E-state index in [1.807, 2.05) is 32.0 Å². The number of para-hydroxylation sites is 1. The largest absolute Gasteiger partial charge is 0.343 e. The summed E-state index contributed by atoms with van der Waals surface area (Å²) in [5, 5.41) is 6.01. The number of benzene rings is 2. The van der Waals surface area contributed by atoms with Crippen molar-refractivity contribution in [2.24, 2.45) is 0 Å². The second-order valence-electron chi connectivity index (χ2n) is 5.12. The van der Waals surface area contributed by atoms with Gasteiger partial charge >= 0.3 is 0 Å². The molecule has 0 aromatic heterocycles. The van der Waals surface area contributed by atoms with E-state index < -0.39 is 5.91 Å². The highest BCUT2D eigenvalue weighted by molar-refractivity contribution is 6.35. The minimum atomic E-state index is -0.450. The Hall–Kier alpha value is -2.04. The number of anilines is 1. The first-order valence-electron chi connectivity index (χ1n) is 6.98. The van der Waals surface area contributed by atoms with E-state index in [2.05, 4.69) is 10.6 Å². The van der Waals surface area contributed by atoms with Gasteiger partial charge in [-0.3, -0.25) is 9.59 Å². The van der Waals surface area contributed by atoms with Gasteiger partial charge in [0.25, 0.3) is 5.91 Å². The molecule has 2 N–H and O–H groups in total. The topological polar surface area (TPSA) is 58.2 Å². The number of aryl methyl sites for hydroxylation is 2. The Labute approximate surface area is 144 Å². The smallest absolute Gasteiger partial charge is 0.253 e. The summed E-state index contributed by atoms with van der Waals surface area (Å²) in [6.45, 7) is 3.66. The molecule has 0 aliphatic heterocycles. The zero-order valence-electron chi connectivity index (χ0n) is 12.7. The van der Waals surface area contributed by atoms with E-state index in [9.17, 15) is 9.59 Å². The van der Waals surface area contributed by atoms with Crippen LogP contribution in [0, 0.1) is 13.8 Å². The average Bonchev–Trinajstić information content (AvgIpc) is 2.51. The average molecular weight is 351 g/mol. The standard InChI is InChI=1S/C17H16Cl2N2O2/c1-10-4-3-5-11(2)16(10)21-15(22)9-20-17(23)13-8-12(18)6-7-14(13)19/h3-8H,9H2,1-2H3,(H,20,23)(H,21,22). The molecular weight excluding hydrogens is 335 g/mol. The maximum absolute atomic E-state index is 12.1. The van der Waals surface area contributed by atoms with Crippen LogP contribution in [0.4, 0.5) is 5.69 Å². The van der Waals surface area contributed by atoms with Gasteiger partial charge in [0.2, 0.25) is 5.91 Å². The van der Waals surface area contributed by atoms with Crippen LogP contribution in [0.25, 0.3) is 0 Å². The third-order valence-corrected chi connectivity index (χ3v) is 3.89. The zero-order valence-corrected chi connectivity index (χ0v) is 14.3. The van der Waals surface area contributed by atoms with Gasteiger partial charge in [-0.05, 0) is 43.2 Å². The number of rotatable bonds is 4. The Morgan fingerprint density at radius 3 is 2.35 bits per heavy atom. The zero-order chi connectivity index (χ0) is 17.0. The third kappa shape index (κ3) is 4.47. The molecule has 2 amide bonds. The molecule has 0 fully saturated rings. The number of halogens is 2. The lowest BCUT2D eigenvalue weighted by molar-refractivity contribution is -0.115. The number of nitrogens with one attached hydrogen (secondary N) is 2. The van der Waals surface area contributed by atoms with Gasteiger partial charge in [-0.1, -0.05) is 41.4 Å². The van der Waals surface area contributed by atoms with E-state index in [0.717, 1.165) is 16.8 Å². The Kier molecular flexibility index (Phi) is 5.64. The predicted molar refractivity (Wildman–Crippen MR) is 93.3 cm³/mol. The number of amides is 2. The van der Waals surface area contributed by atoms with Gasteiger partial charge in [-0.2, -0.15) is 0 Å². The molecule has 0 heterocycles. The summed E-state index contributed by atoms with van der Waals surface area (Å²) >= 11 is 11.8. The van der Waals surface area contributed by atoms with Crippen LogP contribution < -0.4 is 10.6 Å². The minimum Gasteiger partial charge on any atom is -0.343 e. The summed E-state index contributed by atoms with van der Waals surface area (Å²) in [5.41, 5.74) is 2.91. The van der Waals surface area contributed by atoms with Crippen LogP contribution in [0.1, 0.15) is 21.5 Å². The fourth-order valence-corrected chi connectivity index (χ4v) is 2.50. The monoisotopic (exact) mass is 350 g/mol. The normalized spacial score (nSPS) is 10.3. The third-order valence-electron chi connectivity index (χ3n) is 3.33. The summed E-state index contributed by atoms with van der Waals surface area (Å²) in [7, 11) is 0. The molecule has 2 aromatic rings. The Balaban J connectivity index is 1.99. The summed E-state index contributed by atoms with van der Waals surface area (Å²) in [4.78, 5) is 24.1. The lowest BCUT2D eigenvalue weighted by Gasteiger charge is -2.12. The number of carbonyl (C=O) groups excluding carboxylic acids is 2. The molecular formula is C17H16Cl2N2O2. The lowest BCUT2D eigenvalue weighted by Crippen LogP contribution is -2.33. The first-order chi connectivity index (χ1) is 10.9. The van der Waals surface area contributed by atoms with Crippen LogP contribution in [0.15, 0.2) is 36.4 Å². The van der Waals surface area contributed by atoms with E-state index >= 15 is 0 Å². The molecule has 0 aliphatic carbocycles. The first-order valence-corrected chi connectivity index (χ1v) is 7.73. The van der Waals surface area contributed by atoms with Crippen molar-refractivity contribution in [2.75, 3.05) is 11.9 Å². The fourth-order valence-electron chi connectivity index (χ4n) is 2.12. The number of hydrogen-bond acceptors (Lipinski definition) is 2. The van der Waals surface area contributed by atoms with E-state index in [1.165, 1.54) is 12.1 Å². The van der Waals surface area contributed by atoms with Gasteiger partial charge in [-0.25, -0.2) is 0 Å². The van der Waals surface area contributed by atoms with E-state index in [0.29, 0.717) is 5.02 Å².